The van der Waals surface area contributed by atoms with Crippen LogP contribution in [0.1, 0.15) is 31.7 Å². The minimum absolute atomic E-state index is 0.139. The molecule has 0 saturated carbocycles. The number of carbonyl (C=O) groups excluding carboxylic acids is 2. The molecule has 0 radical (unpaired) electrons. The van der Waals surface area contributed by atoms with Gasteiger partial charge in [-0.15, -0.1) is 0 Å². The molecule has 2 aliphatic rings. The van der Waals surface area contributed by atoms with Crippen LogP contribution >= 0.6 is 0 Å². The number of sulfonamides is 1. The van der Waals surface area contributed by atoms with E-state index >= 15 is 0 Å². The van der Waals surface area contributed by atoms with Crippen molar-refractivity contribution in [3.8, 4) is 0 Å². The zero-order chi connectivity index (χ0) is 21.0. The maximum absolute atomic E-state index is 13.1. The van der Waals surface area contributed by atoms with Gasteiger partial charge in [-0.05, 0) is 43.9 Å². The monoisotopic (exact) mass is 422 g/mol. The largest absolute Gasteiger partial charge is 0.342 e. The van der Waals surface area contributed by atoms with Gasteiger partial charge in [0.15, 0.2) is 0 Å². The summed E-state index contributed by atoms with van der Waals surface area (Å²) >= 11 is 0. The van der Waals surface area contributed by atoms with E-state index in [4.69, 9.17) is 0 Å². The number of piperidine rings is 1. The maximum atomic E-state index is 13.1. The van der Waals surface area contributed by atoms with E-state index < -0.39 is 10.0 Å². The van der Waals surface area contributed by atoms with Crippen LogP contribution in [0.25, 0.3) is 0 Å². The van der Waals surface area contributed by atoms with Gasteiger partial charge in [0.25, 0.3) is 0 Å². The highest BCUT2D eigenvalue weighted by Crippen LogP contribution is 2.24. The van der Waals surface area contributed by atoms with Crippen molar-refractivity contribution in [1.29, 1.82) is 0 Å². The number of carbonyl (C=O) groups is 2. The molecule has 3 rings (SSSR count). The summed E-state index contributed by atoms with van der Waals surface area (Å²) in [5.74, 6) is -0.107. The molecule has 2 saturated heterocycles. The number of nitrogens with one attached hydrogen (secondary N) is 1. The average molecular weight is 423 g/mol. The third-order valence-corrected chi connectivity index (χ3v) is 7.57. The minimum atomic E-state index is -3.66. The first-order valence-corrected chi connectivity index (χ1v) is 11.6. The predicted octanol–water partition coefficient (Wildman–Crippen LogP) is 1.27. The normalized spacial score (nSPS) is 19.2. The molecule has 0 aliphatic carbocycles. The van der Waals surface area contributed by atoms with Gasteiger partial charge in [-0.25, -0.2) is 8.42 Å². The van der Waals surface area contributed by atoms with Crippen molar-refractivity contribution in [2.75, 3.05) is 51.1 Å². The van der Waals surface area contributed by atoms with E-state index in [0.29, 0.717) is 44.0 Å². The standard InChI is InChI=1S/C20H30N4O4S/c1-16-6-7-18(21-17(2)25)14-19(16)29(27,28)24-12-10-22(11-13-24)15-20(26)23-8-4-3-5-9-23/h6-7,14H,3-5,8-13,15H2,1-2H3,(H,21,25). The number of nitrogens with zero attached hydrogens (tertiary/aromatic N) is 3. The summed E-state index contributed by atoms with van der Waals surface area (Å²) < 4.78 is 27.8. The zero-order valence-electron chi connectivity index (χ0n) is 17.2. The second-order valence-electron chi connectivity index (χ2n) is 7.78. The molecule has 160 valence electrons. The number of amides is 2. The molecule has 2 aliphatic heterocycles. The Morgan fingerprint density at radius 2 is 1.66 bits per heavy atom. The second kappa shape index (κ2) is 9.23. The van der Waals surface area contributed by atoms with Crippen LogP contribution in [-0.4, -0.2) is 80.2 Å². The Hall–Kier alpha value is -1.97. The van der Waals surface area contributed by atoms with Crippen molar-refractivity contribution < 1.29 is 18.0 Å². The predicted molar refractivity (Wildman–Crippen MR) is 111 cm³/mol. The molecular formula is C20H30N4O4S. The van der Waals surface area contributed by atoms with Gasteiger partial charge in [0.2, 0.25) is 21.8 Å². The van der Waals surface area contributed by atoms with Crippen LogP contribution in [0, 0.1) is 6.92 Å². The Morgan fingerprint density at radius 3 is 2.28 bits per heavy atom. The Labute approximate surface area is 172 Å². The molecule has 2 heterocycles. The molecule has 1 N–H and O–H groups in total. The van der Waals surface area contributed by atoms with Crippen LogP contribution in [0.2, 0.25) is 0 Å². The van der Waals surface area contributed by atoms with E-state index in [1.165, 1.54) is 23.7 Å². The van der Waals surface area contributed by atoms with Crippen molar-refractivity contribution >= 4 is 27.5 Å². The molecule has 0 aromatic heterocycles. The minimum Gasteiger partial charge on any atom is -0.342 e. The smallest absolute Gasteiger partial charge is 0.243 e. The molecule has 2 fully saturated rings. The number of hydrogen-bond acceptors (Lipinski definition) is 5. The molecule has 0 atom stereocenters. The molecule has 0 bridgehead atoms. The number of hydrogen-bond donors (Lipinski definition) is 1. The number of benzene rings is 1. The molecule has 2 amide bonds. The van der Waals surface area contributed by atoms with E-state index in [0.717, 1.165) is 25.9 Å². The van der Waals surface area contributed by atoms with Crippen LogP contribution in [-0.2, 0) is 19.6 Å². The lowest BCUT2D eigenvalue weighted by Gasteiger charge is -2.35. The van der Waals surface area contributed by atoms with Gasteiger partial charge < -0.3 is 10.2 Å². The van der Waals surface area contributed by atoms with Crippen LogP contribution in [0.4, 0.5) is 5.69 Å². The first-order chi connectivity index (χ1) is 13.8. The van der Waals surface area contributed by atoms with Crippen molar-refractivity contribution in [1.82, 2.24) is 14.1 Å². The topological polar surface area (TPSA) is 90.0 Å². The molecule has 0 unspecified atom stereocenters. The third kappa shape index (κ3) is 5.34. The third-order valence-electron chi connectivity index (χ3n) is 5.53. The fourth-order valence-electron chi connectivity index (χ4n) is 3.86. The first kappa shape index (κ1) is 21.7. The first-order valence-electron chi connectivity index (χ1n) is 10.2. The Balaban J connectivity index is 1.62. The number of piperazine rings is 1. The van der Waals surface area contributed by atoms with Gasteiger partial charge in [0.1, 0.15) is 0 Å². The summed E-state index contributed by atoms with van der Waals surface area (Å²) in [4.78, 5) is 27.9. The van der Waals surface area contributed by atoms with E-state index in [1.54, 1.807) is 19.1 Å². The van der Waals surface area contributed by atoms with E-state index in [2.05, 4.69) is 5.32 Å². The van der Waals surface area contributed by atoms with Gasteiger partial charge in [0, 0.05) is 51.9 Å². The molecule has 1 aromatic rings. The Bertz CT molecular complexity index is 857. The van der Waals surface area contributed by atoms with Crippen molar-refractivity contribution in [3.05, 3.63) is 23.8 Å². The summed E-state index contributed by atoms with van der Waals surface area (Å²) in [6, 6.07) is 4.91. The van der Waals surface area contributed by atoms with Gasteiger partial charge in [-0.1, -0.05) is 6.07 Å². The molecule has 1 aromatic carbocycles. The fourth-order valence-corrected chi connectivity index (χ4v) is 5.53. The van der Waals surface area contributed by atoms with Crippen LogP contribution in [0.3, 0.4) is 0 Å². The number of likely N-dealkylation sites (tertiary alicyclic amines) is 1. The number of anilines is 1. The SMILES string of the molecule is CC(=O)Nc1ccc(C)c(S(=O)(=O)N2CCN(CC(=O)N3CCCCC3)CC2)c1. The zero-order valence-corrected chi connectivity index (χ0v) is 18.0. The van der Waals surface area contributed by atoms with E-state index in [-0.39, 0.29) is 16.7 Å². The molecule has 0 spiro atoms. The lowest BCUT2D eigenvalue weighted by Crippen LogP contribution is -2.52. The quantitative estimate of drug-likeness (QED) is 0.772. The summed E-state index contributed by atoms with van der Waals surface area (Å²) in [7, 11) is -3.66. The number of aryl methyl sites for hydroxylation is 1. The summed E-state index contributed by atoms with van der Waals surface area (Å²) in [6.45, 7) is 6.90. The Morgan fingerprint density at radius 1 is 1.00 bits per heavy atom. The second-order valence-corrected chi connectivity index (χ2v) is 9.69. The van der Waals surface area contributed by atoms with Crippen molar-refractivity contribution in [3.63, 3.8) is 0 Å². The van der Waals surface area contributed by atoms with Gasteiger partial charge in [0.05, 0.1) is 11.4 Å². The number of rotatable bonds is 5. The highest BCUT2D eigenvalue weighted by atomic mass is 32.2. The maximum Gasteiger partial charge on any atom is 0.243 e. The Kier molecular flexibility index (Phi) is 6.92. The lowest BCUT2D eigenvalue weighted by atomic mass is 10.1. The van der Waals surface area contributed by atoms with Crippen LogP contribution in [0.5, 0.6) is 0 Å². The summed E-state index contributed by atoms with van der Waals surface area (Å²) in [6.07, 6.45) is 3.31. The van der Waals surface area contributed by atoms with Gasteiger partial charge in [-0.3, -0.25) is 14.5 Å². The van der Waals surface area contributed by atoms with Crippen LogP contribution < -0.4 is 5.32 Å². The highest BCUT2D eigenvalue weighted by molar-refractivity contribution is 7.89. The van der Waals surface area contributed by atoms with Crippen molar-refractivity contribution in [2.45, 2.75) is 38.0 Å². The van der Waals surface area contributed by atoms with Crippen molar-refractivity contribution in [2.24, 2.45) is 0 Å². The molecule has 29 heavy (non-hydrogen) atoms. The fraction of sp³-hybridized carbons (Fsp3) is 0.600. The summed E-state index contributed by atoms with van der Waals surface area (Å²) in [5.41, 5.74) is 1.11. The lowest BCUT2D eigenvalue weighted by molar-refractivity contribution is -0.133. The molecule has 8 nitrogen and oxygen atoms in total. The summed E-state index contributed by atoms with van der Waals surface area (Å²) in [5, 5.41) is 2.63. The highest BCUT2D eigenvalue weighted by Gasteiger charge is 2.31. The molecule has 9 heteroatoms. The molecular weight excluding hydrogens is 392 g/mol. The average Bonchev–Trinajstić information content (AvgIpc) is 2.70. The van der Waals surface area contributed by atoms with E-state index in [9.17, 15) is 18.0 Å². The van der Waals surface area contributed by atoms with E-state index in [1.807, 2.05) is 9.80 Å². The van der Waals surface area contributed by atoms with Gasteiger partial charge >= 0.3 is 0 Å². The van der Waals surface area contributed by atoms with Crippen LogP contribution in [0.15, 0.2) is 23.1 Å². The van der Waals surface area contributed by atoms with Gasteiger partial charge in [-0.2, -0.15) is 4.31 Å².